The van der Waals surface area contributed by atoms with E-state index in [0.717, 1.165) is 27.6 Å². The van der Waals surface area contributed by atoms with Gasteiger partial charge in [0.1, 0.15) is 22.9 Å². The van der Waals surface area contributed by atoms with Crippen molar-refractivity contribution in [2.75, 3.05) is 19.5 Å². The largest absolute Gasteiger partial charge is 0.493 e. The van der Waals surface area contributed by atoms with Crippen LogP contribution in [0.15, 0.2) is 41.3 Å². The molecular weight excluding hydrogens is 348 g/mol. The molecule has 9 nitrogen and oxygen atoms in total. The maximum Gasteiger partial charge on any atom is 0.162 e. The fourth-order valence-corrected chi connectivity index (χ4v) is 3.15. The second-order valence-corrected chi connectivity index (χ2v) is 5.89. The van der Waals surface area contributed by atoms with Crippen molar-refractivity contribution in [3.63, 3.8) is 0 Å². The van der Waals surface area contributed by atoms with E-state index in [1.165, 1.54) is 6.33 Å². The number of anilines is 2. The van der Waals surface area contributed by atoms with Gasteiger partial charge in [0.05, 0.1) is 25.4 Å². The topological polar surface area (TPSA) is 111 Å². The molecule has 0 saturated heterocycles. The third-order valence-electron chi connectivity index (χ3n) is 4.42. The van der Waals surface area contributed by atoms with Crippen molar-refractivity contribution in [3.05, 3.63) is 36.7 Å². The number of ether oxygens (including phenoxy) is 2. The van der Waals surface area contributed by atoms with Gasteiger partial charge in [0.2, 0.25) is 0 Å². The van der Waals surface area contributed by atoms with Crippen LogP contribution in [0.25, 0.3) is 33.0 Å². The molecule has 0 spiro atoms. The van der Waals surface area contributed by atoms with Crippen LogP contribution in [-0.4, -0.2) is 39.5 Å². The highest BCUT2D eigenvalue weighted by Crippen LogP contribution is 2.37. The van der Waals surface area contributed by atoms with Gasteiger partial charge < -0.3 is 19.8 Å². The molecule has 3 aromatic heterocycles. The standard InChI is InChI=1S/C18H14N6O3/c1-25-13-6-9-12(7-14(13)26-2)21-17-15(9)19-8-20-18(17)22-10-4-3-5-11-16(10)24-27-23-11/h3-8,21H,1-2H3,(H,19,20,22). The number of rotatable bonds is 4. The van der Waals surface area contributed by atoms with Crippen molar-refractivity contribution < 1.29 is 14.1 Å². The van der Waals surface area contributed by atoms with Crippen molar-refractivity contribution in [1.82, 2.24) is 25.3 Å². The molecule has 0 amide bonds. The van der Waals surface area contributed by atoms with E-state index in [9.17, 15) is 0 Å². The molecule has 0 unspecified atom stereocenters. The first-order valence-corrected chi connectivity index (χ1v) is 8.15. The van der Waals surface area contributed by atoms with E-state index in [2.05, 4.69) is 30.6 Å². The zero-order chi connectivity index (χ0) is 18.4. The Morgan fingerprint density at radius 2 is 1.85 bits per heavy atom. The number of aromatic amines is 1. The third-order valence-corrected chi connectivity index (χ3v) is 4.42. The summed E-state index contributed by atoms with van der Waals surface area (Å²) in [4.78, 5) is 12.2. The molecule has 5 aromatic rings. The molecular formula is C18H14N6O3. The van der Waals surface area contributed by atoms with Gasteiger partial charge in [-0.15, -0.1) is 0 Å². The Bertz CT molecular complexity index is 1290. The highest BCUT2D eigenvalue weighted by molar-refractivity contribution is 6.09. The molecule has 0 saturated carbocycles. The molecule has 2 N–H and O–H groups in total. The first kappa shape index (κ1) is 15.4. The van der Waals surface area contributed by atoms with E-state index in [1.54, 1.807) is 14.2 Å². The molecule has 0 aliphatic rings. The quantitative estimate of drug-likeness (QED) is 0.500. The summed E-state index contributed by atoms with van der Waals surface area (Å²) in [6, 6.07) is 9.35. The van der Waals surface area contributed by atoms with Gasteiger partial charge in [-0.2, -0.15) is 0 Å². The second-order valence-electron chi connectivity index (χ2n) is 5.89. The van der Waals surface area contributed by atoms with Gasteiger partial charge in [0, 0.05) is 11.5 Å². The van der Waals surface area contributed by atoms with E-state index < -0.39 is 0 Å². The molecule has 0 aliphatic heterocycles. The average molecular weight is 362 g/mol. The Balaban J connectivity index is 1.70. The minimum absolute atomic E-state index is 0.615. The minimum Gasteiger partial charge on any atom is -0.493 e. The zero-order valence-corrected chi connectivity index (χ0v) is 14.5. The van der Waals surface area contributed by atoms with E-state index in [-0.39, 0.29) is 0 Å². The SMILES string of the molecule is COc1cc2[nH]c3c(Nc4cccc5nonc45)ncnc3c2cc1OC. The predicted octanol–water partition coefficient (Wildman–Crippen LogP) is 3.41. The number of methoxy groups -OCH3 is 2. The summed E-state index contributed by atoms with van der Waals surface area (Å²) in [5.74, 6) is 1.89. The summed E-state index contributed by atoms with van der Waals surface area (Å²) in [5, 5.41) is 12.0. The van der Waals surface area contributed by atoms with Crippen molar-refractivity contribution in [1.29, 1.82) is 0 Å². The molecule has 0 atom stereocenters. The number of nitrogens with zero attached hydrogens (tertiary/aromatic N) is 4. The first-order chi connectivity index (χ1) is 13.3. The van der Waals surface area contributed by atoms with Crippen LogP contribution in [0.2, 0.25) is 0 Å². The third kappa shape index (κ3) is 2.32. The maximum absolute atomic E-state index is 5.40. The molecule has 134 valence electrons. The summed E-state index contributed by atoms with van der Waals surface area (Å²) >= 11 is 0. The lowest BCUT2D eigenvalue weighted by molar-refractivity contribution is 0.315. The second kappa shape index (κ2) is 5.84. The maximum atomic E-state index is 5.40. The van der Waals surface area contributed by atoms with Crippen LogP contribution in [0.4, 0.5) is 11.5 Å². The number of fused-ring (bicyclic) bond motifs is 4. The summed E-state index contributed by atoms with van der Waals surface area (Å²) in [7, 11) is 3.21. The van der Waals surface area contributed by atoms with Crippen LogP contribution in [-0.2, 0) is 0 Å². The monoisotopic (exact) mass is 362 g/mol. The van der Waals surface area contributed by atoms with Crippen molar-refractivity contribution >= 4 is 44.5 Å². The number of hydrogen-bond donors (Lipinski definition) is 2. The van der Waals surface area contributed by atoms with Gasteiger partial charge in [0.15, 0.2) is 22.8 Å². The molecule has 0 fully saturated rings. The summed E-state index contributed by atoms with van der Waals surface area (Å²) in [5.41, 5.74) is 4.43. The molecule has 0 radical (unpaired) electrons. The fraction of sp³-hybridized carbons (Fsp3) is 0.111. The predicted molar refractivity (Wildman–Crippen MR) is 99.6 cm³/mol. The molecule has 5 rings (SSSR count). The van der Waals surface area contributed by atoms with Crippen molar-refractivity contribution in [3.8, 4) is 11.5 Å². The van der Waals surface area contributed by atoms with E-state index in [4.69, 9.17) is 14.1 Å². The van der Waals surface area contributed by atoms with Crippen LogP contribution in [0, 0.1) is 0 Å². The number of nitrogens with one attached hydrogen (secondary N) is 2. The highest BCUT2D eigenvalue weighted by atomic mass is 16.6. The van der Waals surface area contributed by atoms with Crippen LogP contribution in [0.3, 0.4) is 0 Å². The zero-order valence-electron chi connectivity index (χ0n) is 14.5. The molecule has 27 heavy (non-hydrogen) atoms. The van der Waals surface area contributed by atoms with Crippen LogP contribution < -0.4 is 14.8 Å². The normalized spacial score (nSPS) is 11.3. The smallest absolute Gasteiger partial charge is 0.162 e. The van der Waals surface area contributed by atoms with Crippen LogP contribution in [0.5, 0.6) is 11.5 Å². The van der Waals surface area contributed by atoms with Crippen molar-refractivity contribution in [2.45, 2.75) is 0 Å². The number of benzene rings is 2. The Kier molecular flexibility index (Phi) is 3.32. The molecule has 0 aliphatic carbocycles. The van der Waals surface area contributed by atoms with Gasteiger partial charge in [-0.3, -0.25) is 0 Å². The first-order valence-electron chi connectivity index (χ1n) is 8.15. The van der Waals surface area contributed by atoms with E-state index in [0.29, 0.717) is 28.4 Å². The Morgan fingerprint density at radius 3 is 2.70 bits per heavy atom. The average Bonchev–Trinajstić information content (AvgIpc) is 3.32. The van der Waals surface area contributed by atoms with Crippen molar-refractivity contribution in [2.24, 2.45) is 0 Å². The van der Waals surface area contributed by atoms with E-state index in [1.807, 2.05) is 30.3 Å². The summed E-state index contributed by atoms with van der Waals surface area (Å²) in [6.07, 6.45) is 1.51. The number of aromatic nitrogens is 5. The molecule has 9 heteroatoms. The summed E-state index contributed by atoms with van der Waals surface area (Å²) < 4.78 is 15.6. The lowest BCUT2D eigenvalue weighted by atomic mass is 10.2. The Labute approximate surface area is 152 Å². The summed E-state index contributed by atoms with van der Waals surface area (Å²) in [6.45, 7) is 0. The van der Waals surface area contributed by atoms with E-state index >= 15 is 0 Å². The van der Waals surface area contributed by atoms with Gasteiger partial charge in [-0.05, 0) is 28.5 Å². The van der Waals surface area contributed by atoms with Crippen LogP contribution in [0.1, 0.15) is 0 Å². The molecule has 2 aromatic carbocycles. The molecule has 3 heterocycles. The van der Waals surface area contributed by atoms with Gasteiger partial charge in [-0.25, -0.2) is 14.6 Å². The Morgan fingerprint density at radius 1 is 1.00 bits per heavy atom. The Hall–Kier alpha value is -3.88. The lowest BCUT2D eigenvalue weighted by Gasteiger charge is -2.06. The van der Waals surface area contributed by atoms with Gasteiger partial charge in [0.25, 0.3) is 0 Å². The van der Waals surface area contributed by atoms with Crippen LogP contribution >= 0.6 is 0 Å². The van der Waals surface area contributed by atoms with Gasteiger partial charge >= 0.3 is 0 Å². The number of H-pyrrole nitrogens is 1. The highest BCUT2D eigenvalue weighted by Gasteiger charge is 2.16. The number of hydrogen-bond acceptors (Lipinski definition) is 8. The van der Waals surface area contributed by atoms with Gasteiger partial charge in [-0.1, -0.05) is 6.07 Å². The fourth-order valence-electron chi connectivity index (χ4n) is 3.15. The lowest BCUT2D eigenvalue weighted by Crippen LogP contribution is -1.96. The molecule has 0 bridgehead atoms. The minimum atomic E-state index is 0.615.